The molecule has 1 heterocycles. The van der Waals surface area contributed by atoms with Gasteiger partial charge in [0.15, 0.2) is 0 Å². The zero-order chi connectivity index (χ0) is 14.9. The Balaban J connectivity index is 1.80. The first kappa shape index (κ1) is 16.2. The van der Waals surface area contributed by atoms with Gasteiger partial charge >= 0.3 is 0 Å². The molecule has 1 aliphatic heterocycles. The Labute approximate surface area is 129 Å². The summed E-state index contributed by atoms with van der Waals surface area (Å²) in [6, 6.07) is 7.13. The highest BCUT2D eigenvalue weighted by molar-refractivity contribution is 5.59. The van der Waals surface area contributed by atoms with Crippen molar-refractivity contribution in [2.45, 2.75) is 58.4 Å². The minimum absolute atomic E-state index is 0.578. The number of hydrogen-bond acceptors (Lipinski definition) is 3. The molecule has 0 radical (unpaired) electrons. The third-order valence-electron chi connectivity index (χ3n) is 4.16. The van der Waals surface area contributed by atoms with E-state index in [1.54, 1.807) is 0 Å². The molecule has 1 unspecified atom stereocenters. The summed E-state index contributed by atoms with van der Waals surface area (Å²) >= 11 is 0. The van der Waals surface area contributed by atoms with Crippen LogP contribution < -0.4 is 15.4 Å². The Hall–Kier alpha value is -1.22. The molecule has 0 fully saturated rings. The van der Waals surface area contributed by atoms with Gasteiger partial charge in [0.05, 0.1) is 5.69 Å². The Morgan fingerprint density at radius 1 is 1.24 bits per heavy atom. The predicted molar refractivity (Wildman–Crippen MR) is 90.4 cm³/mol. The Morgan fingerprint density at radius 2 is 2.14 bits per heavy atom. The molecule has 1 aliphatic rings. The lowest BCUT2D eigenvalue weighted by Gasteiger charge is -2.21. The molecule has 0 aromatic heterocycles. The molecule has 1 aromatic rings. The Bertz CT molecular complexity index is 420. The molecule has 3 heteroatoms. The van der Waals surface area contributed by atoms with Crippen molar-refractivity contribution in [1.82, 2.24) is 5.32 Å². The predicted octanol–water partition coefficient (Wildman–Crippen LogP) is 3.98. The van der Waals surface area contributed by atoms with Crippen LogP contribution in [-0.2, 0) is 6.42 Å². The van der Waals surface area contributed by atoms with Crippen molar-refractivity contribution in [2.75, 3.05) is 25.0 Å². The molecule has 0 spiro atoms. The fraction of sp³-hybridized carbons (Fsp3) is 0.667. The van der Waals surface area contributed by atoms with Crippen LogP contribution in [0.15, 0.2) is 18.2 Å². The molecule has 21 heavy (non-hydrogen) atoms. The molecule has 0 amide bonds. The highest BCUT2D eigenvalue weighted by Gasteiger charge is 2.12. The van der Waals surface area contributed by atoms with Crippen LogP contribution >= 0.6 is 0 Å². The van der Waals surface area contributed by atoms with E-state index in [1.165, 1.54) is 37.7 Å². The van der Waals surface area contributed by atoms with Crippen LogP contribution in [0.3, 0.4) is 0 Å². The van der Waals surface area contributed by atoms with E-state index in [4.69, 9.17) is 4.74 Å². The van der Waals surface area contributed by atoms with E-state index >= 15 is 0 Å². The van der Waals surface area contributed by atoms with Crippen LogP contribution in [-0.4, -0.2) is 25.7 Å². The van der Waals surface area contributed by atoms with Gasteiger partial charge in [-0.25, -0.2) is 0 Å². The minimum atomic E-state index is 0.578. The molecule has 2 rings (SSSR count). The zero-order valence-electron chi connectivity index (χ0n) is 13.6. The first-order valence-corrected chi connectivity index (χ1v) is 8.56. The van der Waals surface area contributed by atoms with Gasteiger partial charge in [0.2, 0.25) is 0 Å². The molecule has 0 aliphatic carbocycles. The van der Waals surface area contributed by atoms with E-state index in [-0.39, 0.29) is 0 Å². The lowest BCUT2D eigenvalue weighted by molar-refractivity contribution is 0.323. The van der Waals surface area contributed by atoms with Crippen LogP contribution in [0.2, 0.25) is 0 Å². The topological polar surface area (TPSA) is 33.3 Å². The second-order valence-electron chi connectivity index (χ2n) is 5.93. The summed E-state index contributed by atoms with van der Waals surface area (Å²) in [5.41, 5.74) is 2.54. The largest absolute Gasteiger partial charge is 0.490 e. The van der Waals surface area contributed by atoms with E-state index in [2.05, 4.69) is 42.7 Å². The average molecular weight is 290 g/mol. The van der Waals surface area contributed by atoms with Crippen LogP contribution in [0.25, 0.3) is 0 Å². The number of unbranched alkanes of at least 4 members (excludes halogenated alkanes) is 3. The first-order chi connectivity index (χ1) is 10.3. The number of nitrogens with one attached hydrogen (secondary N) is 2. The van der Waals surface area contributed by atoms with E-state index in [9.17, 15) is 0 Å². The molecule has 1 aromatic carbocycles. The van der Waals surface area contributed by atoms with Gasteiger partial charge < -0.3 is 15.4 Å². The van der Waals surface area contributed by atoms with Gasteiger partial charge in [-0.2, -0.15) is 0 Å². The maximum Gasteiger partial charge on any atom is 0.142 e. The van der Waals surface area contributed by atoms with Gasteiger partial charge in [-0.15, -0.1) is 0 Å². The molecule has 1 atom stereocenters. The van der Waals surface area contributed by atoms with Gasteiger partial charge in [0, 0.05) is 12.6 Å². The van der Waals surface area contributed by atoms with Crippen molar-refractivity contribution in [3.05, 3.63) is 23.8 Å². The highest BCUT2D eigenvalue weighted by Crippen LogP contribution is 2.28. The van der Waals surface area contributed by atoms with E-state index in [0.717, 1.165) is 37.6 Å². The minimum Gasteiger partial charge on any atom is -0.490 e. The summed E-state index contributed by atoms with van der Waals surface area (Å²) in [5, 5.41) is 7.12. The Morgan fingerprint density at radius 3 is 2.95 bits per heavy atom. The van der Waals surface area contributed by atoms with Crippen molar-refractivity contribution in [1.29, 1.82) is 0 Å². The molecular weight excluding hydrogens is 260 g/mol. The van der Waals surface area contributed by atoms with Gasteiger partial charge in [0.1, 0.15) is 12.4 Å². The maximum atomic E-state index is 5.63. The van der Waals surface area contributed by atoms with Crippen molar-refractivity contribution in [3.63, 3.8) is 0 Å². The summed E-state index contributed by atoms with van der Waals surface area (Å²) < 4.78 is 5.63. The van der Waals surface area contributed by atoms with Gasteiger partial charge in [-0.3, -0.25) is 0 Å². The van der Waals surface area contributed by atoms with E-state index in [0.29, 0.717) is 6.04 Å². The third-order valence-corrected chi connectivity index (χ3v) is 4.16. The molecule has 0 bridgehead atoms. The van der Waals surface area contributed by atoms with Crippen molar-refractivity contribution >= 4 is 5.69 Å². The molecular formula is C18H30N2O. The second-order valence-corrected chi connectivity index (χ2v) is 5.93. The lowest BCUT2D eigenvalue weighted by Crippen LogP contribution is -2.31. The highest BCUT2D eigenvalue weighted by atomic mass is 16.5. The fourth-order valence-electron chi connectivity index (χ4n) is 2.82. The number of fused-ring (bicyclic) bond motifs is 1. The Kier molecular flexibility index (Phi) is 6.87. The molecule has 0 saturated carbocycles. The lowest BCUT2D eigenvalue weighted by atomic mass is 10.0. The van der Waals surface area contributed by atoms with Gasteiger partial charge in [0.25, 0.3) is 0 Å². The fourth-order valence-corrected chi connectivity index (χ4v) is 2.82. The molecule has 118 valence electrons. The zero-order valence-corrected chi connectivity index (χ0v) is 13.6. The first-order valence-electron chi connectivity index (χ1n) is 8.56. The summed E-state index contributed by atoms with van der Waals surface area (Å²) in [5.74, 6) is 0.991. The van der Waals surface area contributed by atoms with Crippen LogP contribution in [0.5, 0.6) is 5.75 Å². The average Bonchev–Trinajstić information content (AvgIpc) is 2.53. The van der Waals surface area contributed by atoms with E-state index < -0.39 is 0 Å². The molecule has 2 N–H and O–H groups in total. The number of ether oxygens (including phenoxy) is 1. The van der Waals surface area contributed by atoms with Crippen molar-refractivity contribution in [2.24, 2.45) is 0 Å². The smallest absolute Gasteiger partial charge is 0.142 e. The summed E-state index contributed by atoms with van der Waals surface area (Å²) in [6.07, 6.45) is 7.58. The number of hydrogen-bond donors (Lipinski definition) is 2. The van der Waals surface area contributed by atoms with E-state index in [1.807, 2.05) is 0 Å². The number of benzene rings is 1. The van der Waals surface area contributed by atoms with Gasteiger partial charge in [-0.05, 0) is 43.5 Å². The second kappa shape index (κ2) is 8.93. The maximum absolute atomic E-state index is 5.63. The molecule has 3 nitrogen and oxygen atoms in total. The van der Waals surface area contributed by atoms with Crippen molar-refractivity contribution in [3.8, 4) is 5.75 Å². The summed E-state index contributed by atoms with van der Waals surface area (Å²) in [6.45, 7) is 7.34. The van der Waals surface area contributed by atoms with Crippen molar-refractivity contribution < 1.29 is 4.74 Å². The van der Waals surface area contributed by atoms with Gasteiger partial charge in [-0.1, -0.05) is 39.2 Å². The monoisotopic (exact) mass is 290 g/mol. The standard InChI is InChI=1S/C18H30N2O/c1-3-5-6-7-10-19-16(4-2)13-15-8-9-18-17(14-15)20-11-12-21-18/h8-9,14,16,19-20H,3-7,10-13H2,1-2H3. The van der Waals surface area contributed by atoms with Crippen LogP contribution in [0.4, 0.5) is 5.69 Å². The third kappa shape index (κ3) is 5.24. The normalized spacial score (nSPS) is 15.0. The summed E-state index contributed by atoms with van der Waals surface area (Å²) in [7, 11) is 0. The number of rotatable bonds is 9. The number of anilines is 1. The van der Waals surface area contributed by atoms with Crippen LogP contribution in [0.1, 0.15) is 51.5 Å². The molecule has 0 saturated heterocycles. The van der Waals surface area contributed by atoms with Crippen LogP contribution in [0, 0.1) is 0 Å². The quantitative estimate of drug-likeness (QED) is 0.675. The summed E-state index contributed by atoms with van der Waals surface area (Å²) in [4.78, 5) is 0. The SMILES string of the molecule is CCCCCCNC(CC)Cc1ccc2c(c1)NCCO2.